The predicted molar refractivity (Wildman–Crippen MR) is 114 cm³/mol. The number of hydrogen-bond acceptors (Lipinski definition) is 5. The zero-order valence-electron chi connectivity index (χ0n) is 16.1. The van der Waals surface area contributed by atoms with E-state index in [0.29, 0.717) is 29.1 Å². The molecule has 2 N–H and O–H groups in total. The molecule has 9 heteroatoms. The highest BCUT2D eigenvalue weighted by molar-refractivity contribution is 6.32. The first-order valence-corrected chi connectivity index (χ1v) is 9.67. The van der Waals surface area contributed by atoms with Crippen molar-refractivity contribution in [1.82, 2.24) is 19.7 Å². The molecule has 0 saturated carbocycles. The highest BCUT2D eigenvalue weighted by atomic mass is 35.5. The quantitative estimate of drug-likeness (QED) is 0.438. The number of benzene rings is 2. The van der Waals surface area contributed by atoms with E-state index < -0.39 is 0 Å². The van der Waals surface area contributed by atoms with E-state index >= 15 is 0 Å². The number of halogens is 1. The lowest BCUT2D eigenvalue weighted by Crippen LogP contribution is -2.12. The van der Waals surface area contributed by atoms with E-state index in [4.69, 9.17) is 16.3 Å². The second kappa shape index (κ2) is 8.38. The fraction of sp³-hybridized carbons (Fsp3) is 0.143. The Labute approximate surface area is 176 Å². The van der Waals surface area contributed by atoms with Gasteiger partial charge in [0, 0.05) is 18.2 Å². The summed E-state index contributed by atoms with van der Waals surface area (Å²) in [6, 6.07) is 14.2. The maximum absolute atomic E-state index is 12.6. The molecule has 0 unspecified atom stereocenters. The van der Waals surface area contributed by atoms with E-state index in [2.05, 4.69) is 25.1 Å². The van der Waals surface area contributed by atoms with Gasteiger partial charge in [0.2, 0.25) is 0 Å². The number of carbonyl (C=O) groups excluding carboxylic acids is 2. The van der Waals surface area contributed by atoms with Gasteiger partial charge in [0.05, 0.1) is 16.1 Å². The van der Waals surface area contributed by atoms with E-state index in [-0.39, 0.29) is 17.5 Å². The van der Waals surface area contributed by atoms with Crippen LogP contribution < -0.4 is 10.1 Å². The first-order valence-electron chi connectivity index (χ1n) is 9.29. The van der Waals surface area contributed by atoms with Crippen molar-refractivity contribution in [2.24, 2.45) is 0 Å². The number of aromatic amines is 1. The number of imidazole rings is 1. The highest BCUT2D eigenvalue weighted by Crippen LogP contribution is 2.27. The largest absolute Gasteiger partial charge is 0.485 e. The number of para-hydroxylation sites is 2. The Hall–Kier alpha value is -3.65. The third-order valence-corrected chi connectivity index (χ3v) is 4.83. The SMILES string of the molecule is CCn1c(-c2cc(NC(=O)c3ccc(OCC=O)c(Cl)c3)n[nH]2)nc2ccccc21. The molecule has 0 atom stereocenters. The minimum atomic E-state index is -0.374. The zero-order valence-corrected chi connectivity index (χ0v) is 16.8. The number of rotatable bonds is 7. The molecule has 0 fully saturated rings. The predicted octanol–water partition coefficient (Wildman–Crippen LogP) is 3.93. The van der Waals surface area contributed by atoms with Crippen LogP contribution in [-0.2, 0) is 11.3 Å². The van der Waals surface area contributed by atoms with E-state index in [0.717, 1.165) is 23.4 Å². The van der Waals surface area contributed by atoms with Crippen molar-refractivity contribution in [2.75, 3.05) is 11.9 Å². The van der Waals surface area contributed by atoms with Gasteiger partial charge in [-0.05, 0) is 37.3 Å². The molecular weight excluding hydrogens is 406 g/mol. The number of aromatic nitrogens is 4. The van der Waals surface area contributed by atoms with Gasteiger partial charge in [0.1, 0.15) is 18.1 Å². The molecule has 0 aliphatic carbocycles. The van der Waals surface area contributed by atoms with Crippen molar-refractivity contribution >= 4 is 40.6 Å². The summed E-state index contributed by atoms with van der Waals surface area (Å²) in [6.45, 7) is 2.68. The van der Waals surface area contributed by atoms with Crippen LogP contribution in [-0.4, -0.2) is 38.5 Å². The van der Waals surface area contributed by atoms with Crippen molar-refractivity contribution in [3.8, 4) is 17.3 Å². The number of hydrogen-bond donors (Lipinski definition) is 2. The van der Waals surface area contributed by atoms with Gasteiger partial charge in [-0.25, -0.2) is 4.98 Å². The van der Waals surface area contributed by atoms with Crippen molar-refractivity contribution in [1.29, 1.82) is 0 Å². The summed E-state index contributed by atoms with van der Waals surface area (Å²) >= 11 is 6.11. The number of amides is 1. The molecule has 1 amide bonds. The normalized spacial score (nSPS) is 10.9. The molecule has 0 radical (unpaired) electrons. The maximum Gasteiger partial charge on any atom is 0.256 e. The molecule has 0 spiro atoms. The number of H-pyrrole nitrogens is 1. The van der Waals surface area contributed by atoms with Gasteiger partial charge in [0.25, 0.3) is 5.91 Å². The Balaban J connectivity index is 1.55. The number of ether oxygens (including phenoxy) is 1. The Bertz CT molecular complexity index is 1230. The van der Waals surface area contributed by atoms with Crippen LogP contribution in [0.3, 0.4) is 0 Å². The number of aldehydes is 1. The molecule has 2 aromatic carbocycles. The van der Waals surface area contributed by atoms with Gasteiger partial charge in [-0.1, -0.05) is 23.7 Å². The van der Waals surface area contributed by atoms with E-state index in [1.165, 1.54) is 6.07 Å². The fourth-order valence-corrected chi connectivity index (χ4v) is 3.41. The van der Waals surface area contributed by atoms with Crippen LogP contribution in [0.25, 0.3) is 22.6 Å². The topological polar surface area (TPSA) is 102 Å². The van der Waals surface area contributed by atoms with Crippen molar-refractivity contribution < 1.29 is 14.3 Å². The van der Waals surface area contributed by atoms with Gasteiger partial charge < -0.3 is 14.6 Å². The maximum atomic E-state index is 12.6. The van der Waals surface area contributed by atoms with Gasteiger partial charge >= 0.3 is 0 Å². The minimum Gasteiger partial charge on any atom is -0.485 e. The third kappa shape index (κ3) is 3.77. The average molecular weight is 424 g/mol. The van der Waals surface area contributed by atoms with Gasteiger partial charge in [-0.2, -0.15) is 5.10 Å². The van der Waals surface area contributed by atoms with Crippen molar-refractivity contribution in [3.05, 3.63) is 59.1 Å². The number of anilines is 1. The Morgan fingerprint density at radius 3 is 2.87 bits per heavy atom. The lowest BCUT2D eigenvalue weighted by molar-refractivity contribution is -0.109. The van der Waals surface area contributed by atoms with Crippen LogP contribution in [0, 0.1) is 0 Å². The highest BCUT2D eigenvalue weighted by Gasteiger charge is 2.16. The summed E-state index contributed by atoms with van der Waals surface area (Å²) < 4.78 is 7.26. The average Bonchev–Trinajstić information content (AvgIpc) is 3.36. The fourth-order valence-electron chi connectivity index (χ4n) is 3.17. The van der Waals surface area contributed by atoms with Crippen molar-refractivity contribution in [3.63, 3.8) is 0 Å². The lowest BCUT2D eigenvalue weighted by Gasteiger charge is -2.07. The molecule has 30 heavy (non-hydrogen) atoms. The summed E-state index contributed by atoms with van der Waals surface area (Å²) in [5.74, 6) is 1.07. The van der Waals surface area contributed by atoms with Gasteiger partial charge in [-0.15, -0.1) is 0 Å². The smallest absolute Gasteiger partial charge is 0.256 e. The Morgan fingerprint density at radius 1 is 1.27 bits per heavy atom. The lowest BCUT2D eigenvalue weighted by atomic mass is 10.2. The van der Waals surface area contributed by atoms with Crippen molar-refractivity contribution in [2.45, 2.75) is 13.5 Å². The first kappa shape index (κ1) is 19.7. The molecule has 4 rings (SSSR count). The number of aryl methyl sites for hydroxylation is 1. The van der Waals surface area contributed by atoms with Gasteiger partial charge in [-0.3, -0.25) is 14.7 Å². The zero-order chi connectivity index (χ0) is 21.1. The minimum absolute atomic E-state index is 0.107. The van der Waals surface area contributed by atoms with E-state index in [1.54, 1.807) is 18.2 Å². The Kier molecular flexibility index (Phi) is 5.49. The second-order valence-corrected chi connectivity index (χ2v) is 6.82. The standard InChI is InChI=1S/C21H18ClN5O3/c1-2-27-17-6-4-3-5-15(17)23-20(27)16-12-19(26-25-16)24-21(29)13-7-8-18(14(22)11-13)30-10-9-28/h3-9,11-12H,2,10H2,1H3,(H2,24,25,26,29). The molecule has 2 aromatic heterocycles. The summed E-state index contributed by atoms with van der Waals surface area (Å²) in [5.41, 5.74) is 2.95. The molecule has 8 nitrogen and oxygen atoms in total. The summed E-state index contributed by atoms with van der Waals surface area (Å²) in [5, 5.41) is 10.1. The van der Waals surface area contributed by atoms with E-state index in [1.807, 2.05) is 31.2 Å². The molecular formula is C21H18ClN5O3. The van der Waals surface area contributed by atoms with E-state index in [9.17, 15) is 9.59 Å². The summed E-state index contributed by atoms with van der Waals surface area (Å²) in [6.07, 6.45) is 0.624. The van der Waals surface area contributed by atoms with Crippen LogP contribution in [0.5, 0.6) is 5.75 Å². The van der Waals surface area contributed by atoms with Crippen LogP contribution >= 0.6 is 11.6 Å². The summed E-state index contributed by atoms with van der Waals surface area (Å²) in [4.78, 5) is 27.6. The van der Waals surface area contributed by atoms with Crippen LogP contribution in [0.2, 0.25) is 5.02 Å². The number of nitrogens with one attached hydrogen (secondary N) is 2. The molecule has 0 saturated heterocycles. The second-order valence-electron chi connectivity index (χ2n) is 6.41. The van der Waals surface area contributed by atoms with Crippen LogP contribution in [0.1, 0.15) is 17.3 Å². The number of nitrogens with zero attached hydrogens (tertiary/aromatic N) is 3. The molecule has 0 aliphatic heterocycles. The molecule has 2 heterocycles. The Morgan fingerprint density at radius 2 is 2.10 bits per heavy atom. The molecule has 152 valence electrons. The summed E-state index contributed by atoms with van der Waals surface area (Å²) in [7, 11) is 0. The monoisotopic (exact) mass is 423 g/mol. The van der Waals surface area contributed by atoms with Crippen LogP contribution in [0.15, 0.2) is 48.5 Å². The third-order valence-electron chi connectivity index (χ3n) is 4.53. The number of carbonyl (C=O) groups is 2. The van der Waals surface area contributed by atoms with Gasteiger partial charge in [0.15, 0.2) is 17.9 Å². The molecule has 0 bridgehead atoms. The molecule has 0 aliphatic rings. The number of fused-ring (bicyclic) bond motifs is 1. The van der Waals surface area contributed by atoms with Crippen LogP contribution in [0.4, 0.5) is 5.82 Å². The molecule has 4 aromatic rings. The first-order chi connectivity index (χ1) is 14.6.